The van der Waals surface area contributed by atoms with E-state index < -0.39 is 34.5 Å². The van der Waals surface area contributed by atoms with Gasteiger partial charge in [-0.25, -0.2) is 9.13 Å². The van der Waals surface area contributed by atoms with Gasteiger partial charge in [0.15, 0.2) is 0 Å². The first-order valence-corrected chi connectivity index (χ1v) is 7.07. The Hall–Kier alpha value is 0.660. The van der Waals surface area contributed by atoms with E-state index in [-0.39, 0.29) is 23.4 Å². The lowest BCUT2D eigenvalue weighted by Gasteiger charge is -2.20. The Kier molecular flexibility index (Phi) is 8.58. The van der Waals surface area contributed by atoms with E-state index in [1.54, 1.807) is 0 Å². The second-order valence-corrected chi connectivity index (χ2v) is 6.11. The number of halogens is 1. The third kappa shape index (κ3) is 11.5. The lowest BCUT2D eigenvalue weighted by molar-refractivity contribution is -0.0159. The number of aliphatic hydroxyl groups is 2. The molecule has 0 aromatic rings. The maximum absolute atomic E-state index is 10.9. The summed E-state index contributed by atoms with van der Waals surface area (Å²) in [5, 5.41) is 17.9. The Balaban J connectivity index is 0. The lowest BCUT2D eigenvalue weighted by Crippen LogP contribution is -3.00. The summed E-state index contributed by atoms with van der Waals surface area (Å²) in [7, 11) is -9.99. The molecule has 0 spiro atoms. The van der Waals surface area contributed by atoms with Crippen molar-refractivity contribution in [2.45, 2.75) is 18.9 Å². The number of hydrogen-bond acceptors (Lipinski definition) is 6. The van der Waals surface area contributed by atoms with Gasteiger partial charge in [-0.1, -0.05) is 0 Å². The highest BCUT2D eigenvalue weighted by Gasteiger charge is 2.33. The molecule has 0 rings (SSSR count). The molecule has 0 aromatic heterocycles. The zero-order chi connectivity index (χ0) is 13.0. The fraction of sp³-hybridized carbons (Fsp3) is 1.00. The van der Waals surface area contributed by atoms with Gasteiger partial charge < -0.3 is 41.9 Å². The van der Waals surface area contributed by atoms with E-state index in [9.17, 15) is 14.2 Å². The smallest absolute Gasteiger partial charge is 0.481 e. The SMILES string of the molecule is C[C@@](O)(CO)CCOP(=O)(O)OP(=O)(O)O.[Br-]. The average molecular weight is 360 g/mol. The van der Waals surface area contributed by atoms with Gasteiger partial charge in [-0.05, 0) is 6.92 Å². The van der Waals surface area contributed by atoms with Gasteiger partial charge in [0, 0.05) is 6.42 Å². The number of phosphoric ester groups is 1. The molecule has 0 amide bonds. The van der Waals surface area contributed by atoms with Gasteiger partial charge >= 0.3 is 15.6 Å². The predicted octanol–water partition coefficient (Wildman–Crippen LogP) is -3.65. The maximum Gasteiger partial charge on any atom is 0.481 e. The maximum atomic E-state index is 10.9. The first-order chi connectivity index (χ1) is 6.97. The molecular formula is C5H14BrO9P2-. The Morgan fingerprint density at radius 3 is 2.06 bits per heavy atom. The molecule has 0 fully saturated rings. The third-order valence-electron chi connectivity index (χ3n) is 1.45. The molecule has 12 heteroatoms. The average Bonchev–Trinajstić information content (AvgIpc) is 1.98. The summed E-state index contributed by atoms with van der Waals surface area (Å²) in [6, 6.07) is 0. The van der Waals surface area contributed by atoms with E-state index in [0.717, 1.165) is 0 Å². The fourth-order valence-electron chi connectivity index (χ4n) is 0.618. The normalized spacial score (nSPS) is 18.9. The van der Waals surface area contributed by atoms with E-state index in [2.05, 4.69) is 8.83 Å². The molecule has 2 atom stereocenters. The summed E-state index contributed by atoms with van der Waals surface area (Å²) in [6.45, 7) is 0.148. The summed E-state index contributed by atoms with van der Waals surface area (Å²) in [4.78, 5) is 25.3. The molecule has 9 nitrogen and oxygen atoms in total. The second kappa shape index (κ2) is 7.30. The first-order valence-electron chi connectivity index (χ1n) is 4.05. The Morgan fingerprint density at radius 2 is 1.71 bits per heavy atom. The molecule has 0 aromatic carbocycles. The number of phosphoric acid groups is 2. The van der Waals surface area contributed by atoms with E-state index in [4.69, 9.17) is 19.8 Å². The minimum atomic E-state index is -5.13. The summed E-state index contributed by atoms with van der Waals surface area (Å²) in [5.41, 5.74) is -1.51. The zero-order valence-corrected chi connectivity index (χ0v) is 12.1. The van der Waals surface area contributed by atoms with Crippen LogP contribution in [0.2, 0.25) is 0 Å². The van der Waals surface area contributed by atoms with Crippen molar-refractivity contribution in [2.75, 3.05) is 13.2 Å². The van der Waals surface area contributed by atoms with Crippen molar-refractivity contribution in [1.29, 1.82) is 0 Å². The lowest BCUT2D eigenvalue weighted by atomic mass is 10.1. The van der Waals surface area contributed by atoms with Crippen LogP contribution in [0.1, 0.15) is 13.3 Å². The highest BCUT2D eigenvalue weighted by atomic mass is 79.9. The molecule has 1 unspecified atom stereocenters. The summed E-state index contributed by atoms with van der Waals surface area (Å²) >= 11 is 0. The Labute approximate surface area is 108 Å². The number of aliphatic hydroxyl groups excluding tert-OH is 1. The van der Waals surface area contributed by atoms with Gasteiger partial charge in [-0.3, -0.25) is 4.52 Å². The monoisotopic (exact) mass is 359 g/mol. The van der Waals surface area contributed by atoms with Crippen LogP contribution in [0.15, 0.2) is 0 Å². The Bertz CT molecular complexity index is 313. The molecule has 0 aliphatic heterocycles. The van der Waals surface area contributed by atoms with Crippen LogP contribution in [0, 0.1) is 0 Å². The summed E-state index contributed by atoms with van der Waals surface area (Å²) in [5.74, 6) is 0. The number of rotatable bonds is 7. The molecule has 0 saturated carbocycles. The molecule has 0 bridgehead atoms. The van der Waals surface area contributed by atoms with Crippen LogP contribution >= 0.6 is 15.6 Å². The highest BCUT2D eigenvalue weighted by molar-refractivity contribution is 7.60. The zero-order valence-electron chi connectivity index (χ0n) is 8.76. The van der Waals surface area contributed by atoms with Crippen LogP contribution in [0.25, 0.3) is 0 Å². The third-order valence-corrected chi connectivity index (χ3v) is 3.63. The van der Waals surface area contributed by atoms with E-state index >= 15 is 0 Å². The van der Waals surface area contributed by atoms with Crippen LogP contribution in [-0.2, 0) is 18.0 Å². The molecule has 0 heterocycles. The molecule has 17 heavy (non-hydrogen) atoms. The summed E-state index contributed by atoms with van der Waals surface area (Å²) in [6.07, 6.45) is -0.210. The minimum absolute atomic E-state index is 0. The van der Waals surface area contributed by atoms with Gasteiger partial charge in [0.1, 0.15) is 0 Å². The van der Waals surface area contributed by atoms with Crippen molar-refractivity contribution < 1.29 is 59.8 Å². The van der Waals surface area contributed by atoms with E-state index in [1.807, 2.05) is 0 Å². The van der Waals surface area contributed by atoms with Crippen molar-refractivity contribution in [1.82, 2.24) is 0 Å². The fourth-order valence-corrected chi connectivity index (χ4v) is 2.20. The van der Waals surface area contributed by atoms with Crippen molar-refractivity contribution in [2.24, 2.45) is 0 Å². The van der Waals surface area contributed by atoms with Crippen molar-refractivity contribution >= 4 is 15.6 Å². The van der Waals surface area contributed by atoms with E-state index in [0.29, 0.717) is 0 Å². The van der Waals surface area contributed by atoms with Crippen LogP contribution in [0.5, 0.6) is 0 Å². The largest absolute Gasteiger partial charge is 1.00 e. The quantitative estimate of drug-likeness (QED) is 0.289. The molecule has 0 aliphatic rings. The summed E-state index contributed by atoms with van der Waals surface area (Å²) < 4.78 is 28.8. The molecule has 0 saturated heterocycles. The molecule has 0 radical (unpaired) electrons. The van der Waals surface area contributed by atoms with E-state index in [1.165, 1.54) is 6.92 Å². The molecule has 0 aliphatic carbocycles. The topological polar surface area (TPSA) is 154 Å². The van der Waals surface area contributed by atoms with Crippen LogP contribution in [-0.4, -0.2) is 43.7 Å². The highest BCUT2D eigenvalue weighted by Crippen LogP contribution is 2.57. The number of hydrogen-bond donors (Lipinski definition) is 5. The van der Waals surface area contributed by atoms with Gasteiger partial charge in [0.2, 0.25) is 0 Å². The predicted molar refractivity (Wildman–Crippen MR) is 51.2 cm³/mol. The van der Waals surface area contributed by atoms with Gasteiger partial charge in [0.05, 0.1) is 18.8 Å². The van der Waals surface area contributed by atoms with Crippen LogP contribution in [0.3, 0.4) is 0 Å². The van der Waals surface area contributed by atoms with Crippen molar-refractivity contribution in [3.63, 3.8) is 0 Å². The van der Waals surface area contributed by atoms with Gasteiger partial charge in [0.25, 0.3) is 0 Å². The Morgan fingerprint density at radius 1 is 1.24 bits per heavy atom. The minimum Gasteiger partial charge on any atom is -1.00 e. The van der Waals surface area contributed by atoms with Crippen LogP contribution in [0.4, 0.5) is 0 Å². The van der Waals surface area contributed by atoms with Crippen LogP contribution < -0.4 is 17.0 Å². The van der Waals surface area contributed by atoms with Gasteiger partial charge in [-0.15, -0.1) is 0 Å². The standard InChI is InChI=1S/C5H14O9P2.BrH/c1-5(7,4-6)2-3-13-16(11,12)14-15(8,9)10;/h6-7H,2-4H2,1H3,(H,11,12)(H2,8,9,10);1H/p-1/t5-;/m0./s1. The second-order valence-electron chi connectivity index (χ2n) is 3.28. The first kappa shape index (κ1) is 20.0. The molecule has 106 valence electrons. The molecule has 5 N–H and O–H groups in total. The van der Waals surface area contributed by atoms with Crippen molar-refractivity contribution in [3.05, 3.63) is 0 Å². The van der Waals surface area contributed by atoms with Crippen molar-refractivity contribution in [3.8, 4) is 0 Å². The molecular weight excluding hydrogens is 346 g/mol. The van der Waals surface area contributed by atoms with Gasteiger partial charge in [-0.2, -0.15) is 4.31 Å².